The summed E-state index contributed by atoms with van der Waals surface area (Å²) in [7, 11) is -3.88. The molecule has 0 fully saturated rings. The van der Waals surface area contributed by atoms with Crippen molar-refractivity contribution in [2.45, 2.75) is 33.1 Å². The molecule has 0 aliphatic carbocycles. The standard InChI is InChI=1S/C8H18O5Si2/c1-7(9)12-15(4,5)13-8(10)6-11-14(2)3/h14H,6H2,1-5H3. The van der Waals surface area contributed by atoms with Gasteiger partial charge in [-0.3, -0.25) is 9.59 Å². The molecule has 0 aliphatic rings. The maximum Gasteiger partial charge on any atom is 0.457 e. The fourth-order valence-electron chi connectivity index (χ4n) is 0.905. The first-order valence-electron chi connectivity index (χ1n) is 4.76. The second-order valence-electron chi connectivity index (χ2n) is 3.83. The molecule has 0 saturated heterocycles. The van der Waals surface area contributed by atoms with Gasteiger partial charge in [0.25, 0.3) is 5.97 Å². The molecule has 0 rings (SSSR count). The van der Waals surface area contributed by atoms with Gasteiger partial charge in [-0.15, -0.1) is 0 Å². The highest BCUT2D eigenvalue weighted by Crippen LogP contribution is 2.07. The molecule has 5 nitrogen and oxygen atoms in total. The minimum atomic E-state index is -2.67. The summed E-state index contributed by atoms with van der Waals surface area (Å²) in [5, 5.41) is 0. The lowest BCUT2D eigenvalue weighted by Gasteiger charge is -2.21. The van der Waals surface area contributed by atoms with Gasteiger partial charge in [-0.2, -0.15) is 0 Å². The Balaban J connectivity index is 3.98. The van der Waals surface area contributed by atoms with Gasteiger partial charge in [-0.25, -0.2) is 0 Å². The smallest absolute Gasteiger partial charge is 0.457 e. The highest BCUT2D eigenvalue weighted by atomic mass is 28.4. The van der Waals surface area contributed by atoms with Crippen LogP contribution in [0.15, 0.2) is 0 Å². The van der Waals surface area contributed by atoms with Gasteiger partial charge in [0.2, 0.25) is 0 Å². The van der Waals surface area contributed by atoms with Crippen LogP contribution in [0, 0.1) is 0 Å². The van der Waals surface area contributed by atoms with Crippen LogP contribution in [0.3, 0.4) is 0 Å². The lowest BCUT2D eigenvalue weighted by atomic mass is 10.8. The third kappa shape index (κ3) is 8.34. The Labute approximate surface area is 92.7 Å². The van der Waals surface area contributed by atoms with Crippen LogP contribution in [0.5, 0.6) is 0 Å². The van der Waals surface area contributed by atoms with Crippen molar-refractivity contribution in [1.29, 1.82) is 0 Å². The maximum atomic E-state index is 11.3. The molecule has 0 unspecified atom stereocenters. The molecule has 88 valence electrons. The van der Waals surface area contributed by atoms with Crippen molar-refractivity contribution in [3.05, 3.63) is 0 Å². The van der Waals surface area contributed by atoms with Gasteiger partial charge in [0.05, 0.1) is 0 Å². The van der Waals surface area contributed by atoms with E-state index in [4.69, 9.17) is 13.3 Å². The predicted octanol–water partition coefficient (Wildman–Crippen LogP) is 0.794. The molecule has 7 heteroatoms. The molecule has 0 aromatic carbocycles. The zero-order chi connectivity index (χ0) is 12.1. The topological polar surface area (TPSA) is 61.8 Å². The molecule has 0 spiro atoms. The molecule has 0 atom stereocenters. The first-order valence-corrected chi connectivity index (χ1v) is 10.4. The molecule has 0 aromatic rings. The van der Waals surface area contributed by atoms with Gasteiger partial charge in [-0.05, 0) is 13.1 Å². The van der Waals surface area contributed by atoms with E-state index in [1.807, 2.05) is 13.1 Å². The third-order valence-electron chi connectivity index (χ3n) is 1.28. The second-order valence-corrected chi connectivity index (χ2v) is 9.47. The van der Waals surface area contributed by atoms with Crippen LogP contribution in [0.1, 0.15) is 6.92 Å². The van der Waals surface area contributed by atoms with Crippen molar-refractivity contribution in [2.24, 2.45) is 0 Å². The molecule has 0 heterocycles. The Hall–Kier alpha value is -0.666. The van der Waals surface area contributed by atoms with Gasteiger partial charge in [-0.1, -0.05) is 0 Å². The minimum absolute atomic E-state index is 0.0540. The summed E-state index contributed by atoms with van der Waals surface area (Å²) in [6.07, 6.45) is 0. The average molecular weight is 250 g/mol. The Bertz CT molecular complexity index is 239. The van der Waals surface area contributed by atoms with Crippen LogP contribution >= 0.6 is 0 Å². The van der Waals surface area contributed by atoms with Gasteiger partial charge in [0, 0.05) is 20.0 Å². The van der Waals surface area contributed by atoms with E-state index in [1.54, 1.807) is 13.1 Å². The molecule has 15 heavy (non-hydrogen) atoms. The second kappa shape index (κ2) is 6.03. The average Bonchev–Trinajstić information content (AvgIpc) is 1.96. The first kappa shape index (κ1) is 14.3. The summed E-state index contributed by atoms with van der Waals surface area (Å²) in [4.78, 5) is 22.0. The Morgan fingerprint density at radius 2 is 1.73 bits per heavy atom. The Morgan fingerprint density at radius 1 is 1.20 bits per heavy atom. The van der Waals surface area contributed by atoms with Gasteiger partial charge in [0.15, 0.2) is 9.04 Å². The molecule has 0 bridgehead atoms. The fourth-order valence-corrected chi connectivity index (χ4v) is 2.72. The lowest BCUT2D eigenvalue weighted by molar-refractivity contribution is -0.141. The quantitative estimate of drug-likeness (QED) is 0.675. The van der Waals surface area contributed by atoms with Gasteiger partial charge >= 0.3 is 14.5 Å². The van der Waals surface area contributed by atoms with Crippen molar-refractivity contribution in [2.75, 3.05) is 6.61 Å². The predicted molar refractivity (Wildman–Crippen MR) is 60.2 cm³/mol. The van der Waals surface area contributed by atoms with Crippen LogP contribution in [0.4, 0.5) is 0 Å². The van der Waals surface area contributed by atoms with E-state index in [2.05, 4.69) is 0 Å². The van der Waals surface area contributed by atoms with E-state index < -0.39 is 29.5 Å². The van der Waals surface area contributed by atoms with Crippen molar-refractivity contribution in [3.63, 3.8) is 0 Å². The van der Waals surface area contributed by atoms with Crippen LogP contribution in [-0.2, 0) is 22.9 Å². The molecular formula is C8H18O5Si2. The van der Waals surface area contributed by atoms with Crippen LogP contribution < -0.4 is 0 Å². The minimum Gasteiger partial charge on any atom is -0.485 e. The zero-order valence-electron chi connectivity index (χ0n) is 9.83. The van der Waals surface area contributed by atoms with Gasteiger partial charge < -0.3 is 13.3 Å². The summed E-state index contributed by atoms with van der Waals surface area (Å²) in [6.45, 7) is 8.43. The largest absolute Gasteiger partial charge is 0.485 e. The number of carbonyl (C=O) groups is 2. The van der Waals surface area contributed by atoms with E-state index in [0.29, 0.717) is 0 Å². The van der Waals surface area contributed by atoms with Crippen LogP contribution in [0.2, 0.25) is 26.2 Å². The monoisotopic (exact) mass is 250 g/mol. The molecule has 0 aliphatic heterocycles. The van der Waals surface area contributed by atoms with Crippen molar-refractivity contribution in [1.82, 2.24) is 0 Å². The van der Waals surface area contributed by atoms with E-state index in [1.165, 1.54) is 6.92 Å². The zero-order valence-corrected chi connectivity index (χ0v) is 12.0. The van der Waals surface area contributed by atoms with Crippen molar-refractivity contribution < 1.29 is 22.9 Å². The van der Waals surface area contributed by atoms with Crippen molar-refractivity contribution >= 4 is 29.5 Å². The normalized spacial score (nSPS) is 11.3. The van der Waals surface area contributed by atoms with Gasteiger partial charge in [0.1, 0.15) is 6.61 Å². The SMILES string of the molecule is CC(=O)O[Si](C)(C)OC(=O)CO[SiH](C)C. The number of hydrogen-bond donors (Lipinski definition) is 0. The molecule has 0 N–H and O–H groups in total. The number of carbonyl (C=O) groups excluding carboxylic acids is 2. The van der Waals surface area contributed by atoms with E-state index >= 15 is 0 Å². The van der Waals surface area contributed by atoms with E-state index in [-0.39, 0.29) is 6.61 Å². The molecule has 0 aromatic heterocycles. The molecule has 0 saturated carbocycles. The van der Waals surface area contributed by atoms with E-state index in [9.17, 15) is 9.59 Å². The fraction of sp³-hybridized carbons (Fsp3) is 0.750. The lowest BCUT2D eigenvalue weighted by Crippen LogP contribution is -2.40. The highest BCUT2D eigenvalue weighted by Gasteiger charge is 2.32. The summed E-state index contributed by atoms with van der Waals surface area (Å²) >= 11 is 0. The van der Waals surface area contributed by atoms with Crippen molar-refractivity contribution in [3.8, 4) is 0 Å². The highest BCUT2D eigenvalue weighted by molar-refractivity contribution is 6.67. The molecular weight excluding hydrogens is 232 g/mol. The third-order valence-corrected chi connectivity index (χ3v) is 3.62. The van der Waals surface area contributed by atoms with Crippen LogP contribution in [0.25, 0.3) is 0 Å². The maximum absolute atomic E-state index is 11.3. The summed E-state index contributed by atoms with van der Waals surface area (Å²) in [5.74, 6) is -0.896. The Morgan fingerprint density at radius 3 is 2.13 bits per heavy atom. The van der Waals surface area contributed by atoms with E-state index in [0.717, 1.165) is 0 Å². The summed E-state index contributed by atoms with van der Waals surface area (Å²) in [6, 6.07) is 0. The summed E-state index contributed by atoms with van der Waals surface area (Å²) in [5.41, 5.74) is 0. The Kier molecular flexibility index (Phi) is 5.77. The molecule has 0 amide bonds. The van der Waals surface area contributed by atoms with Crippen LogP contribution in [-0.4, -0.2) is 36.1 Å². The number of rotatable bonds is 5. The molecule has 0 radical (unpaired) electrons. The summed E-state index contributed by atoms with van der Waals surface area (Å²) < 4.78 is 15.2. The first-order chi connectivity index (χ1) is 6.73. The number of hydrogen-bond acceptors (Lipinski definition) is 5.